The molecular formula is C17H18N4O4S. The monoisotopic (exact) mass is 374 g/mol. The zero-order chi connectivity index (χ0) is 19.1. The summed E-state index contributed by atoms with van der Waals surface area (Å²) in [6.07, 6.45) is 4.11. The number of ether oxygens (including phenoxy) is 1. The minimum absolute atomic E-state index is 0.0250. The number of nitrogens with zero attached hydrogens (tertiary/aromatic N) is 3. The van der Waals surface area contributed by atoms with E-state index in [1.54, 1.807) is 12.1 Å². The lowest BCUT2D eigenvalue weighted by atomic mass is 10.0. The Morgan fingerprint density at radius 1 is 1.38 bits per heavy atom. The van der Waals surface area contributed by atoms with Crippen molar-refractivity contribution in [3.8, 4) is 11.8 Å². The minimum atomic E-state index is -3.42. The largest absolute Gasteiger partial charge is 0.464 e. The molecule has 1 aliphatic heterocycles. The number of nitrogens with two attached hydrogens (primary N) is 1. The van der Waals surface area contributed by atoms with Gasteiger partial charge in [0.25, 0.3) is 0 Å². The van der Waals surface area contributed by atoms with Crippen molar-refractivity contribution in [2.45, 2.75) is 12.8 Å². The molecule has 0 radical (unpaired) electrons. The Hall–Kier alpha value is -2.99. The predicted octanol–water partition coefficient (Wildman–Crippen LogP) is 1.43. The zero-order valence-electron chi connectivity index (χ0n) is 14.4. The van der Waals surface area contributed by atoms with Crippen LogP contribution in [0.25, 0.3) is 5.69 Å². The SMILES string of the molecule is COC(=O)c1c(N)c(C#N)cn1-c1ccc2c(c1)N(S(C)(=O)=O)CCC2. The summed E-state index contributed by atoms with van der Waals surface area (Å²) in [5.74, 6) is -0.679. The first-order valence-corrected chi connectivity index (χ1v) is 9.73. The smallest absolute Gasteiger partial charge is 0.357 e. The fraction of sp³-hybridized carbons (Fsp3) is 0.294. The first-order chi connectivity index (χ1) is 12.3. The van der Waals surface area contributed by atoms with Crippen molar-refractivity contribution in [2.75, 3.05) is 29.9 Å². The first-order valence-electron chi connectivity index (χ1n) is 7.88. The van der Waals surface area contributed by atoms with Crippen molar-refractivity contribution in [2.24, 2.45) is 0 Å². The van der Waals surface area contributed by atoms with Gasteiger partial charge in [-0.15, -0.1) is 0 Å². The van der Waals surface area contributed by atoms with Crippen molar-refractivity contribution in [3.05, 3.63) is 41.2 Å². The Morgan fingerprint density at radius 3 is 2.73 bits per heavy atom. The molecule has 0 amide bonds. The molecule has 3 rings (SSSR count). The third-order valence-electron chi connectivity index (χ3n) is 4.37. The van der Waals surface area contributed by atoms with Crippen LogP contribution in [0.1, 0.15) is 28.0 Å². The van der Waals surface area contributed by atoms with E-state index in [9.17, 15) is 18.5 Å². The fourth-order valence-corrected chi connectivity index (χ4v) is 4.13. The topological polar surface area (TPSA) is 118 Å². The number of hydrogen-bond donors (Lipinski definition) is 1. The fourth-order valence-electron chi connectivity index (χ4n) is 3.14. The van der Waals surface area contributed by atoms with Gasteiger partial charge in [0, 0.05) is 18.4 Å². The summed E-state index contributed by atoms with van der Waals surface area (Å²) in [5.41, 5.74) is 8.11. The second-order valence-electron chi connectivity index (χ2n) is 6.03. The highest BCUT2D eigenvalue weighted by Crippen LogP contribution is 2.33. The van der Waals surface area contributed by atoms with Crippen LogP contribution in [0.2, 0.25) is 0 Å². The quantitative estimate of drug-likeness (QED) is 0.812. The van der Waals surface area contributed by atoms with Crippen LogP contribution in [0, 0.1) is 11.3 Å². The van der Waals surface area contributed by atoms with E-state index < -0.39 is 16.0 Å². The molecule has 1 aromatic heterocycles. The van der Waals surface area contributed by atoms with E-state index >= 15 is 0 Å². The van der Waals surface area contributed by atoms with Crippen LogP contribution in [-0.2, 0) is 21.2 Å². The highest BCUT2D eigenvalue weighted by atomic mass is 32.2. The number of methoxy groups -OCH3 is 1. The van der Waals surface area contributed by atoms with E-state index in [0.717, 1.165) is 24.7 Å². The molecule has 26 heavy (non-hydrogen) atoms. The number of aromatic nitrogens is 1. The van der Waals surface area contributed by atoms with Crippen LogP contribution >= 0.6 is 0 Å². The number of nitriles is 1. The number of anilines is 2. The molecule has 8 nitrogen and oxygen atoms in total. The summed E-state index contributed by atoms with van der Waals surface area (Å²) in [6, 6.07) is 7.21. The summed E-state index contributed by atoms with van der Waals surface area (Å²) in [6.45, 7) is 0.399. The number of esters is 1. The molecule has 2 N–H and O–H groups in total. The van der Waals surface area contributed by atoms with Gasteiger partial charge < -0.3 is 15.0 Å². The molecule has 2 aromatic rings. The van der Waals surface area contributed by atoms with Gasteiger partial charge in [-0.2, -0.15) is 5.26 Å². The van der Waals surface area contributed by atoms with Gasteiger partial charge in [0.1, 0.15) is 6.07 Å². The molecule has 2 heterocycles. The van der Waals surface area contributed by atoms with Gasteiger partial charge in [-0.3, -0.25) is 4.31 Å². The van der Waals surface area contributed by atoms with E-state index in [-0.39, 0.29) is 16.9 Å². The molecule has 136 valence electrons. The lowest BCUT2D eigenvalue weighted by Crippen LogP contribution is -2.34. The molecule has 0 unspecified atom stereocenters. The van der Waals surface area contributed by atoms with Crippen LogP contribution in [0.3, 0.4) is 0 Å². The summed E-state index contributed by atoms with van der Waals surface area (Å²) in [5, 5.41) is 9.22. The molecular weight excluding hydrogens is 356 g/mol. The second kappa shape index (κ2) is 6.38. The lowest BCUT2D eigenvalue weighted by molar-refractivity contribution is 0.0593. The molecule has 1 aliphatic rings. The number of benzene rings is 1. The maximum atomic E-state index is 12.1. The van der Waals surface area contributed by atoms with E-state index in [0.29, 0.717) is 17.9 Å². The van der Waals surface area contributed by atoms with E-state index in [2.05, 4.69) is 0 Å². The van der Waals surface area contributed by atoms with Gasteiger partial charge in [0.05, 0.1) is 30.3 Å². The first kappa shape index (κ1) is 17.8. The Kier molecular flexibility index (Phi) is 4.38. The Balaban J connectivity index is 2.21. The molecule has 9 heteroatoms. The average molecular weight is 374 g/mol. The third-order valence-corrected chi connectivity index (χ3v) is 5.55. The lowest BCUT2D eigenvalue weighted by Gasteiger charge is -2.29. The van der Waals surface area contributed by atoms with Crippen molar-refractivity contribution in [3.63, 3.8) is 0 Å². The van der Waals surface area contributed by atoms with Crippen LogP contribution < -0.4 is 10.0 Å². The number of aryl methyl sites for hydroxylation is 1. The van der Waals surface area contributed by atoms with E-state index in [4.69, 9.17) is 10.5 Å². The Bertz CT molecular complexity index is 1030. The van der Waals surface area contributed by atoms with Crippen molar-refractivity contribution in [1.82, 2.24) is 4.57 Å². The number of rotatable bonds is 3. The summed E-state index contributed by atoms with van der Waals surface area (Å²) >= 11 is 0. The van der Waals surface area contributed by atoms with E-state index in [1.807, 2.05) is 12.1 Å². The van der Waals surface area contributed by atoms with Crippen LogP contribution in [0.5, 0.6) is 0 Å². The minimum Gasteiger partial charge on any atom is -0.464 e. The number of carbonyl (C=O) groups excluding carboxylic acids is 1. The van der Waals surface area contributed by atoms with Crippen LogP contribution in [0.4, 0.5) is 11.4 Å². The van der Waals surface area contributed by atoms with Crippen molar-refractivity contribution in [1.29, 1.82) is 5.26 Å². The van der Waals surface area contributed by atoms with Gasteiger partial charge >= 0.3 is 5.97 Å². The highest BCUT2D eigenvalue weighted by Gasteiger charge is 2.26. The number of fused-ring (bicyclic) bond motifs is 1. The highest BCUT2D eigenvalue weighted by molar-refractivity contribution is 7.92. The van der Waals surface area contributed by atoms with Crippen molar-refractivity contribution < 1.29 is 17.9 Å². The Labute approximate surface area is 151 Å². The number of carbonyl (C=O) groups is 1. The maximum absolute atomic E-state index is 12.1. The molecule has 0 spiro atoms. The third kappa shape index (κ3) is 2.88. The number of nitrogen functional groups attached to an aromatic ring is 1. The zero-order valence-corrected chi connectivity index (χ0v) is 15.2. The van der Waals surface area contributed by atoms with Crippen LogP contribution in [-0.4, -0.2) is 38.9 Å². The standard InChI is InChI=1S/C17H18N4O4S/c1-25-17(22)16-15(19)12(9-18)10-20(16)13-6-5-11-4-3-7-21(14(11)8-13)26(2,23)24/h5-6,8,10H,3-4,7,19H2,1-2H3. The van der Waals surface area contributed by atoms with Crippen LogP contribution in [0.15, 0.2) is 24.4 Å². The molecule has 0 bridgehead atoms. The van der Waals surface area contributed by atoms with Gasteiger partial charge in [-0.05, 0) is 30.5 Å². The molecule has 0 atom stereocenters. The molecule has 0 saturated carbocycles. The number of sulfonamides is 1. The Morgan fingerprint density at radius 2 is 2.12 bits per heavy atom. The summed E-state index contributed by atoms with van der Waals surface area (Å²) in [4.78, 5) is 12.1. The molecule has 0 saturated heterocycles. The molecule has 0 fully saturated rings. The molecule has 0 aliphatic carbocycles. The van der Waals surface area contributed by atoms with Crippen molar-refractivity contribution >= 4 is 27.4 Å². The predicted molar refractivity (Wildman–Crippen MR) is 96.7 cm³/mol. The molecule has 1 aromatic carbocycles. The van der Waals surface area contributed by atoms with E-state index in [1.165, 1.54) is 22.2 Å². The van der Waals surface area contributed by atoms with Gasteiger partial charge in [0.2, 0.25) is 10.0 Å². The summed E-state index contributed by atoms with van der Waals surface area (Å²) in [7, 11) is -2.20. The normalized spacial score (nSPS) is 13.8. The second-order valence-corrected chi connectivity index (χ2v) is 7.94. The summed E-state index contributed by atoms with van der Waals surface area (Å²) < 4.78 is 31.8. The van der Waals surface area contributed by atoms with Gasteiger partial charge in [0.15, 0.2) is 5.69 Å². The average Bonchev–Trinajstić information content (AvgIpc) is 2.95. The maximum Gasteiger partial charge on any atom is 0.357 e. The number of hydrogen-bond acceptors (Lipinski definition) is 6. The van der Waals surface area contributed by atoms with Gasteiger partial charge in [-0.25, -0.2) is 13.2 Å². The van der Waals surface area contributed by atoms with Gasteiger partial charge in [-0.1, -0.05) is 6.07 Å².